The normalized spacial score (nSPS) is 10.6. The molecule has 0 aliphatic rings. The molecule has 0 saturated carbocycles. The van der Waals surface area contributed by atoms with E-state index in [1.54, 1.807) is 35.6 Å². The van der Waals surface area contributed by atoms with Crippen LogP contribution in [0.4, 0.5) is 5.69 Å². The van der Waals surface area contributed by atoms with Gasteiger partial charge in [0.1, 0.15) is 0 Å². The Kier molecular flexibility index (Phi) is 6.32. The second-order valence-corrected chi connectivity index (χ2v) is 6.57. The Morgan fingerprint density at radius 1 is 1.22 bits per heavy atom. The molecule has 3 aromatic rings. The summed E-state index contributed by atoms with van der Waals surface area (Å²) in [7, 11) is 0. The number of thiophene rings is 1. The number of aromatic nitrogens is 2. The summed E-state index contributed by atoms with van der Waals surface area (Å²) in [4.78, 5) is 28.1. The lowest BCUT2D eigenvalue weighted by molar-refractivity contribution is -0.116. The van der Waals surface area contributed by atoms with Crippen LogP contribution in [-0.2, 0) is 16.0 Å². The van der Waals surface area contributed by atoms with Gasteiger partial charge in [0.05, 0.1) is 12.2 Å². The number of ether oxygens (including phenoxy) is 1. The molecule has 140 valence electrons. The molecule has 0 saturated heterocycles. The number of carbonyl (C=O) groups is 2. The van der Waals surface area contributed by atoms with E-state index in [9.17, 15) is 9.59 Å². The molecule has 0 fully saturated rings. The fourth-order valence-corrected chi connectivity index (χ4v) is 2.91. The summed E-state index contributed by atoms with van der Waals surface area (Å²) in [6, 6.07) is 8.49. The first-order chi connectivity index (χ1) is 13.2. The molecule has 0 bridgehead atoms. The van der Waals surface area contributed by atoms with Crippen LogP contribution in [0.1, 0.15) is 36.0 Å². The molecule has 1 N–H and O–H groups in total. The highest BCUT2D eigenvalue weighted by Crippen LogP contribution is 2.19. The van der Waals surface area contributed by atoms with Gasteiger partial charge in [0.25, 0.3) is 0 Å². The zero-order valence-electron chi connectivity index (χ0n) is 14.8. The lowest BCUT2D eigenvalue weighted by Gasteiger charge is -2.06. The second kappa shape index (κ2) is 9.09. The summed E-state index contributed by atoms with van der Waals surface area (Å²) >= 11 is 1.55. The molecule has 27 heavy (non-hydrogen) atoms. The average molecular weight is 385 g/mol. The Bertz CT molecular complexity index is 888. The van der Waals surface area contributed by atoms with Crippen molar-refractivity contribution in [1.29, 1.82) is 0 Å². The lowest BCUT2D eigenvalue weighted by atomic mass is 10.2. The van der Waals surface area contributed by atoms with Gasteiger partial charge in [-0.15, -0.1) is 0 Å². The standard InChI is InChI=1S/C19H19N3O4S/c1-2-10-25-19(24)13-3-5-15(6-4-13)20-16(23)7-8-17-21-18(22-26-17)14-9-11-27-12-14/h3-6,9,11-12H,2,7-8,10H2,1H3,(H,20,23). The molecule has 1 amide bonds. The highest BCUT2D eigenvalue weighted by molar-refractivity contribution is 7.08. The molecular weight excluding hydrogens is 366 g/mol. The quantitative estimate of drug-likeness (QED) is 0.590. The molecule has 3 rings (SSSR count). The number of anilines is 1. The number of nitrogens with one attached hydrogen (secondary N) is 1. The number of nitrogens with zero attached hydrogens (tertiary/aromatic N) is 2. The third-order valence-corrected chi connectivity index (χ3v) is 4.34. The van der Waals surface area contributed by atoms with Gasteiger partial charge >= 0.3 is 5.97 Å². The van der Waals surface area contributed by atoms with Gasteiger partial charge < -0.3 is 14.6 Å². The molecule has 0 atom stereocenters. The fraction of sp³-hybridized carbons (Fsp3) is 0.263. The topological polar surface area (TPSA) is 94.3 Å². The number of benzene rings is 1. The first kappa shape index (κ1) is 18.8. The van der Waals surface area contributed by atoms with Gasteiger partial charge in [-0.05, 0) is 42.1 Å². The van der Waals surface area contributed by atoms with Crippen LogP contribution in [0.2, 0.25) is 0 Å². The number of aryl methyl sites for hydroxylation is 1. The van der Waals surface area contributed by atoms with Crippen LogP contribution in [0.5, 0.6) is 0 Å². The van der Waals surface area contributed by atoms with Gasteiger partial charge in [0, 0.05) is 29.5 Å². The van der Waals surface area contributed by atoms with Gasteiger partial charge in [-0.3, -0.25) is 4.79 Å². The Morgan fingerprint density at radius 2 is 2.04 bits per heavy atom. The largest absolute Gasteiger partial charge is 0.462 e. The molecule has 0 aliphatic heterocycles. The van der Waals surface area contributed by atoms with E-state index in [1.807, 2.05) is 23.8 Å². The molecule has 2 heterocycles. The number of amides is 1. The van der Waals surface area contributed by atoms with Crippen molar-refractivity contribution in [2.24, 2.45) is 0 Å². The smallest absolute Gasteiger partial charge is 0.338 e. The number of hydrogen-bond donors (Lipinski definition) is 1. The van der Waals surface area contributed by atoms with Crippen molar-refractivity contribution in [1.82, 2.24) is 10.1 Å². The van der Waals surface area contributed by atoms with Crippen LogP contribution in [0.25, 0.3) is 11.4 Å². The maximum atomic E-state index is 12.1. The van der Waals surface area contributed by atoms with Crippen LogP contribution >= 0.6 is 11.3 Å². The zero-order valence-corrected chi connectivity index (χ0v) is 15.6. The SMILES string of the molecule is CCCOC(=O)c1ccc(NC(=O)CCc2nc(-c3ccsc3)no2)cc1. The second-order valence-electron chi connectivity index (χ2n) is 5.79. The summed E-state index contributed by atoms with van der Waals surface area (Å²) in [5.74, 6) is 0.400. The molecule has 8 heteroatoms. The molecule has 0 aliphatic carbocycles. The van der Waals surface area contributed by atoms with Crippen LogP contribution < -0.4 is 5.32 Å². The van der Waals surface area contributed by atoms with E-state index in [1.165, 1.54) is 0 Å². The zero-order chi connectivity index (χ0) is 19.1. The molecule has 1 aromatic carbocycles. The number of hydrogen-bond acceptors (Lipinski definition) is 7. The summed E-state index contributed by atoms with van der Waals surface area (Å²) < 4.78 is 10.2. The first-order valence-corrected chi connectivity index (χ1v) is 9.52. The molecule has 0 unspecified atom stereocenters. The number of carbonyl (C=O) groups excluding carboxylic acids is 2. The molecule has 0 radical (unpaired) electrons. The summed E-state index contributed by atoms with van der Waals surface area (Å²) in [5.41, 5.74) is 1.96. The van der Waals surface area contributed by atoms with E-state index < -0.39 is 0 Å². The van der Waals surface area contributed by atoms with Crippen molar-refractivity contribution in [2.75, 3.05) is 11.9 Å². The van der Waals surface area contributed by atoms with Crippen molar-refractivity contribution in [3.05, 3.63) is 52.5 Å². The molecule has 0 spiro atoms. The Balaban J connectivity index is 1.48. The summed E-state index contributed by atoms with van der Waals surface area (Å²) in [5, 5.41) is 10.6. The first-order valence-electron chi connectivity index (χ1n) is 8.58. The number of rotatable bonds is 8. The van der Waals surface area contributed by atoms with Crippen LogP contribution in [0, 0.1) is 0 Å². The molecule has 7 nitrogen and oxygen atoms in total. The van der Waals surface area contributed by atoms with Crippen molar-refractivity contribution in [2.45, 2.75) is 26.2 Å². The maximum Gasteiger partial charge on any atom is 0.338 e. The highest BCUT2D eigenvalue weighted by Gasteiger charge is 2.12. The minimum Gasteiger partial charge on any atom is -0.462 e. The van der Waals surface area contributed by atoms with Crippen molar-refractivity contribution < 1.29 is 18.8 Å². The minimum absolute atomic E-state index is 0.174. The Labute approximate surface area is 160 Å². The molecule has 2 aromatic heterocycles. The predicted octanol–water partition coefficient (Wildman–Crippen LogP) is 3.94. The third kappa shape index (κ3) is 5.24. The van der Waals surface area contributed by atoms with Crippen LogP contribution in [-0.4, -0.2) is 28.6 Å². The van der Waals surface area contributed by atoms with E-state index in [4.69, 9.17) is 9.26 Å². The number of esters is 1. The average Bonchev–Trinajstić information content (AvgIpc) is 3.36. The van der Waals surface area contributed by atoms with Crippen molar-refractivity contribution in [3.63, 3.8) is 0 Å². The lowest BCUT2D eigenvalue weighted by Crippen LogP contribution is -2.12. The molecular formula is C19H19N3O4S. The van der Waals surface area contributed by atoms with Gasteiger partial charge in [-0.25, -0.2) is 4.79 Å². The Hall–Kier alpha value is -3.00. The van der Waals surface area contributed by atoms with Crippen molar-refractivity contribution in [3.8, 4) is 11.4 Å². The summed E-state index contributed by atoms with van der Waals surface area (Å²) in [6.07, 6.45) is 1.34. The fourth-order valence-electron chi connectivity index (χ4n) is 2.28. The highest BCUT2D eigenvalue weighted by atomic mass is 32.1. The van der Waals surface area contributed by atoms with E-state index >= 15 is 0 Å². The van der Waals surface area contributed by atoms with Gasteiger partial charge in [0.2, 0.25) is 17.6 Å². The van der Waals surface area contributed by atoms with E-state index in [-0.39, 0.29) is 18.3 Å². The minimum atomic E-state index is -0.368. The third-order valence-electron chi connectivity index (χ3n) is 3.66. The van der Waals surface area contributed by atoms with Gasteiger partial charge in [-0.1, -0.05) is 12.1 Å². The Morgan fingerprint density at radius 3 is 2.74 bits per heavy atom. The van der Waals surface area contributed by atoms with E-state index in [0.29, 0.717) is 36.0 Å². The van der Waals surface area contributed by atoms with Crippen molar-refractivity contribution >= 4 is 28.9 Å². The predicted molar refractivity (Wildman–Crippen MR) is 102 cm³/mol. The van der Waals surface area contributed by atoms with E-state index in [0.717, 1.165) is 12.0 Å². The van der Waals surface area contributed by atoms with Gasteiger partial charge in [0.15, 0.2) is 0 Å². The monoisotopic (exact) mass is 385 g/mol. The van der Waals surface area contributed by atoms with Crippen LogP contribution in [0.15, 0.2) is 45.6 Å². The summed E-state index contributed by atoms with van der Waals surface area (Å²) in [6.45, 7) is 2.32. The van der Waals surface area contributed by atoms with Gasteiger partial charge in [-0.2, -0.15) is 16.3 Å². The van der Waals surface area contributed by atoms with Crippen LogP contribution in [0.3, 0.4) is 0 Å². The maximum absolute atomic E-state index is 12.1. The van der Waals surface area contributed by atoms with E-state index in [2.05, 4.69) is 15.5 Å².